The molecule has 0 amide bonds. The SMILES string of the molecule is Fc1ccc(-c2cnc(NCCCN3CCOCC3)nc2-c2ccncc2)cc1. The molecule has 0 spiro atoms. The summed E-state index contributed by atoms with van der Waals surface area (Å²) in [6.07, 6.45) is 6.27. The van der Waals surface area contributed by atoms with Gasteiger partial charge in [0.1, 0.15) is 5.82 Å². The Balaban J connectivity index is 1.49. The summed E-state index contributed by atoms with van der Waals surface area (Å²) in [4.78, 5) is 15.7. The van der Waals surface area contributed by atoms with E-state index in [1.807, 2.05) is 12.1 Å². The third-order valence-corrected chi connectivity index (χ3v) is 4.94. The zero-order valence-electron chi connectivity index (χ0n) is 16.2. The quantitative estimate of drug-likeness (QED) is 0.620. The summed E-state index contributed by atoms with van der Waals surface area (Å²) < 4.78 is 18.7. The van der Waals surface area contributed by atoms with Crippen LogP contribution in [0.3, 0.4) is 0 Å². The monoisotopic (exact) mass is 393 g/mol. The van der Waals surface area contributed by atoms with E-state index in [1.54, 1.807) is 30.7 Å². The Labute approximate surface area is 169 Å². The number of rotatable bonds is 7. The summed E-state index contributed by atoms with van der Waals surface area (Å²) in [5.74, 6) is 0.323. The molecule has 0 saturated carbocycles. The number of anilines is 1. The van der Waals surface area contributed by atoms with Crippen molar-refractivity contribution in [2.75, 3.05) is 44.7 Å². The Kier molecular flexibility index (Phi) is 6.38. The molecule has 1 N–H and O–H groups in total. The van der Waals surface area contributed by atoms with Crippen LogP contribution in [0.5, 0.6) is 0 Å². The summed E-state index contributed by atoms with van der Waals surface area (Å²) in [6, 6.07) is 10.2. The van der Waals surface area contributed by atoms with Gasteiger partial charge in [0, 0.05) is 49.4 Å². The topological polar surface area (TPSA) is 63.2 Å². The normalized spacial score (nSPS) is 14.7. The van der Waals surface area contributed by atoms with Crippen molar-refractivity contribution < 1.29 is 9.13 Å². The first-order valence-corrected chi connectivity index (χ1v) is 9.87. The van der Waals surface area contributed by atoms with Crippen LogP contribution in [-0.2, 0) is 4.74 Å². The van der Waals surface area contributed by atoms with Gasteiger partial charge in [0.15, 0.2) is 0 Å². The number of nitrogens with zero attached hydrogens (tertiary/aromatic N) is 4. The van der Waals surface area contributed by atoms with Gasteiger partial charge in [0.05, 0.1) is 18.9 Å². The van der Waals surface area contributed by atoms with Crippen LogP contribution >= 0.6 is 0 Å². The molecule has 0 aliphatic carbocycles. The van der Waals surface area contributed by atoms with Crippen molar-refractivity contribution in [3.8, 4) is 22.4 Å². The molecule has 4 rings (SSSR count). The molecule has 1 aromatic carbocycles. The lowest BCUT2D eigenvalue weighted by Crippen LogP contribution is -2.37. The van der Waals surface area contributed by atoms with Gasteiger partial charge in [-0.05, 0) is 42.8 Å². The van der Waals surface area contributed by atoms with Crippen LogP contribution < -0.4 is 5.32 Å². The van der Waals surface area contributed by atoms with Crippen molar-refractivity contribution in [2.45, 2.75) is 6.42 Å². The molecule has 3 heterocycles. The Morgan fingerprint density at radius 2 is 1.76 bits per heavy atom. The Morgan fingerprint density at radius 3 is 2.52 bits per heavy atom. The second kappa shape index (κ2) is 9.54. The number of aromatic nitrogens is 3. The molecule has 0 atom stereocenters. The smallest absolute Gasteiger partial charge is 0.223 e. The molecule has 150 valence electrons. The number of benzene rings is 1. The van der Waals surface area contributed by atoms with Gasteiger partial charge < -0.3 is 10.1 Å². The fraction of sp³-hybridized carbons (Fsp3) is 0.318. The van der Waals surface area contributed by atoms with E-state index in [0.717, 1.165) is 68.2 Å². The number of halogens is 1. The molecule has 1 fully saturated rings. The molecule has 1 aliphatic heterocycles. The average molecular weight is 393 g/mol. The van der Waals surface area contributed by atoms with Crippen LogP contribution in [0, 0.1) is 5.82 Å². The number of ether oxygens (including phenoxy) is 1. The summed E-state index contributed by atoms with van der Waals surface area (Å²) in [5.41, 5.74) is 3.47. The van der Waals surface area contributed by atoms with Crippen LogP contribution in [0.15, 0.2) is 55.0 Å². The molecule has 3 aromatic rings. The maximum absolute atomic E-state index is 13.3. The molecule has 0 bridgehead atoms. The van der Waals surface area contributed by atoms with E-state index in [0.29, 0.717) is 5.95 Å². The van der Waals surface area contributed by atoms with Crippen LogP contribution in [-0.4, -0.2) is 59.2 Å². The van der Waals surface area contributed by atoms with E-state index in [2.05, 4.69) is 20.2 Å². The molecular formula is C22H24FN5O. The van der Waals surface area contributed by atoms with Crippen molar-refractivity contribution in [2.24, 2.45) is 0 Å². The third kappa shape index (κ3) is 5.13. The number of nitrogens with one attached hydrogen (secondary N) is 1. The minimum atomic E-state index is -0.265. The fourth-order valence-electron chi connectivity index (χ4n) is 3.37. The molecule has 0 unspecified atom stereocenters. The van der Waals surface area contributed by atoms with E-state index >= 15 is 0 Å². The van der Waals surface area contributed by atoms with Crippen molar-refractivity contribution in [1.82, 2.24) is 19.9 Å². The van der Waals surface area contributed by atoms with Gasteiger partial charge in [0.25, 0.3) is 0 Å². The minimum Gasteiger partial charge on any atom is -0.379 e. The van der Waals surface area contributed by atoms with Gasteiger partial charge in [-0.1, -0.05) is 12.1 Å². The van der Waals surface area contributed by atoms with Crippen LogP contribution in [0.2, 0.25) is 0 Å². The number of hydrogen-bond acceptors (Lipinski definition) is 6. The first-order chi connectivity index (χ1) is 14.3. The number of hydrogen-bond donors (Lipinski definition) is 1. The Morgan fingerprint density at radius 1 is 1.00 bits per heavy atom. The zero-order valence-corrected chi connectivity index (χ0v) is 16.2. The highest BCUT2D eigenvalue weighted by Gasteiger charge is 2.13. The molecule has 0 radical (unpaired) electrons. The van der Waals surface area contributed by atoms with Gasteiger partial charge in [-0.25, -0.2) is 14.4 Å². The van der Waals surface area contributed by atoms with Crippen LogP contribution in [0.1, 0.15) is 6.42 Å². The fourth-order valence-corrected chi connectivity index (χ4v) is 3.37. The van der Waals surface area contributed by atoms with Gasteiger partial charge in [-0.2, -0.15) is 0 Å². The van der Waals surface area contributed by atoms with E-state index in [-0.39, 0.29) is 5.82 Å². The average Bonchev–Trinajstić information content (AvgIpc) is 2.79. The van der Waals surface area contributed by atoms with Gasteiger partial charge in [0.2, 0.25) is 5.95 Å². The van der Waals surface area contributed by atoms with E-state index in [9.17, 15) is 4.39 Å². The lowest BCUT2D eigenvalue weighted by atomic mass is 10.0. The van der Waals surface area contributed by atoms with E-state index in [4.69, 9.17) is 9.72 Å². The van der Waals surface area contributed by atoms with E-state index < -0.39 is 0 Å². The number of pyridine rings is 1. The highest BCUT2D eigenvalue weighted by molar-refractivity contribution is 5.80. The van der Waals surface area contributed by atoms with Crippen molar-refractivity contribution in [1.29, 1.82) is 0 Å². The molecule has 1 saturated heterocycles. The molecule has 29 heavy (non-hydrogen) atoms. The third-order valence-electron chi connectivity index (χ3n) is 4.94. The highest BCUT2D eigenvalue weighted by Crippen LogP contribution is 2.30. The van der Waals surface area contributed by atoms with Crippen molar-refractivity contribution >= 4 is 5.95 Å². The largest absolute Gasteiger partial charge is 0.379 e. The molecule has 7 heteroatoms. The lowest BCUT2D eigenvalue weighted by Gasteiger charge is -2.26. The zero-order chi connectivity index (χ0) is 19.9. The molecular weight excluding hydrogens is 369 g/mol. The minimum absolute atomic E-state index is 0.265. The van der Waals surface area contributed by atoms with Crippen LogP contribution in [0.4, 0.5) is 10.3 Å². The standard InChI is InChI=1S/C22H24FN5O/c23-19-4-2-17(3-5-19)20-16-26-22(27-21(20)18-6-9-24-10-7-18)25-8-1-11-28-12-14-29-15-13-28/h2-7,9-10,16H,1,8,11-15H2,(H,25,26,27). The van der Waals surface area contributed by atoms with Gasteiger partial charge in [-0.15, -0.1) is 0 Å². The van der Waals surface area contributed by atoms with Crippen molar-refractivity contribution in [3.63, 3.8) is 0 Å². The molecule has 2 aromatic heterocycles. The second-order valence-corrected chi connectivity index (χ2v) is 6.93. The summed E-state index contributed by atoms with van der Waals surface area (Å²) >= 11 is 0. The maximum Gasteiger partial charge on any atom is 0.223 e. The summed E-state index contributed by atoms with van der Waals surface area (Å²) in [7, 11) is 0. The summed E-state index contributed by atoms with van der Waals surface area (Å²) in [5, 5.41) is 3.33. The van der Waals surface area contributed by atoms with Gasteiger partial charge in [-0.3, -0.25) is 9.88 Å². The first-order valence-electron chi connectivity index (χ1n) is 9.87. The molecule has 6 nitrogen and oxygen atoms in total. The van der Waals surface area contributed by atoms with Crippen LogP contribution in [0.25, 0.3) is 22.4 Å². The predicted octanol–water partition coefficient (Wildman–Crippen LogP) is 3.48. The second-order valence-electron chi connectivity index (χ2n) is 6.93. The first kappa shape index (κ1) is 19.4. The lowest BCUT2D eigenvalue weighted by molar-refractivity contribution is 0.0378. The summed E-state index contributed by atoms with van der Waals surface area (Å²) in [6.45, 7) is 5.45. The highest BCUT2D eigenvalue weighted by atomic mass is 19.1. The predicted molar refractivity (Wildman–Crippen MR) is 111 cm³/mol. The number of morpholine rings is 1. The maximum atomic E-state index is 13.3. The van der Waals surface area contributed by atoms with E-state index in [1.165, 1.54) is 12.1 Å². The van der Waals surface area contributed by atoms with Gasteiger partial charge >= 0.3 is 0 Å². The Bertz CT molecular complexity index is 914. The van der Waals surface area contributed by atoms with Crippen molar-refractivity contribution in [3.05, 3.63) is 60.8 Å². The Hall–Kier alpha value is -2.90. The molecule has 1 aliphatic rings.